The van der Waals surface area contributed by atoms with E-state index in [1.54, 1.807) is 31.3 Å². The van der Waals surface area contributed by atoms with Crippen LogP contribution in [0.4, 0.5) is 10.5 Å². The number of hydrogen-bond acceptors (Lipinski definition) is 5. The zero-order valence-corrected chi connectivity index (χ0v) is 18.1. The zero-order chi connectivity index (χ0) is 21.8. The van der Waals surface area contributed by atoms with Crippen LogP contribution in [-0.2, 0) is 6.54 Å². The topological polar surface area (TPSA) is 71.1 Å². The zero-order valence-electron chi connectivity index (χ0n) is 18.1. The van der Waals surface area contributed by atoms with Crippen LogP contribution in [0.1, 0.15) is 28.8 Å². The van der Waals surface area contributed by atoms with Crippen molar-refractivity contribution in [3.8, 4) is 11.5 Å². The summed E-state index contributed by atoms with van der Waals surface area (Å²) in [6.45, 7) is 3.89. The standard InChI is InChI=1S/C24H29N3O4/c1-30-21-10-7-18(14-22(21)31-2)23(28)19-4-3-12-26(16-19)15-17-5-8-20(9-6-17)27-13-11-25-24(27)29/h5-10,14,19H,3-4,11-13,15-16H2,1-2H3,(H,25,29)/t19-/m0/s1. The molecule has 2 fully saturated rings. The third-order valence-electron chi connectivity index (χ3n) is 6.06. The Bertz CT molecular complexity index is 944. The number of anilines is 1. The Balaban J connectivity index is 1.39. The fourth-order valence-corrected chi connectivity index (χ4v) is 4.40. The molecule has 2 saturated heterocycles. The second-order valence-corrected chi connectivity index (χ2v) is 8.06. The Morgan fingerprint density at radius 1 is 1.06 bits per heavy atom. The van der Waals surface area contributed by atoms with Crippen molar-refractivity contribution in [1.29, 1.82) is 0 Å². The smallest absolute Gasteiger partial charge is 0.321 e. The van der Waals surface area contributed by atoms with Crippen molar-refractivity contribution in [1.82, 2.24) is 10.2 Å². The fraction of sp³-hybridized carbons (Fsp3) is 0.417. The first-order chi connectivity index (χ1) is 15.1. The molecule has 0 bridgehead atoms. The van der Waals surface area contributed by atoms with Crippen LogP contribution in [0.2, 0.25) is 0 Å². The molecule has 1 atom stereocenters. The van der Waals surface area contributed by atoms with E-state index in [1.165, 1.54) is 5.56 Å². The summed E-state index contributed by atoms with van der Waals surface area (Å²) in [5.41, 5.74) is 2.76. The summed E-state index contributed by atoms with van der Waals surface area (Å²) in [4.78, 5) is 29.0. The van der Waals surface area contributed by atoms with E-state index in [1.807, 2.05) is 18.2 Å². The molecule has 0 unspecified atom stereocenters. The molecule has 7 heteroatoms. The quantitative estimate of drug-likeness (QED) is 0.692. The second kappa shape index (κ2) is 9.39. The van der Waals surface area contributed by atoms with Gasteiger partial charge in [-0.2, -0.15) is 0 Å². The lowest BCUT2D eigenvalue weighted by Crippen LogP contribution is -2.38. The van der Waals surface area contributed by atoms with Gasteiger partial charge in [0, 0.05) is 43.3 Å². The van der Waals surface area contributed by atoms with Gasteiger partial charge in [-0.25, -0.2) is 4.79 Å². The maximum absolute atomic E-state index is 13.1. The molecule has 7 nitrogen and oxygen atoms in total. The van der Waals surface area contributed by atoms with E-state index in [2.05, 4.69) is 22.3 Å². The lowest BCUT2D eigenvalue weighted by atomic mass is 9.89. The van der Waals surface area contributed by atoms with Crippen LogP contribution in [0.15, 0.2) is 42.5 Å². The third-order valence-corrected chi connectivity index (χ3v) is 6.06. The number of ether oxygens (including phenoxy) is 2. The highest BCUT2D eigenvalue weighted by molar-refractivity contribution is 5.98. The van der Waals surface area contributed by atoms with Gasteiger partial charge in [0.1, 0.15) is 0 Å². The van der Waals surface area contributed by atoms with E-state index in [-0.39, 0.29) is 17.7 Å². The van der Waals surface area contributed by atoms with E-state index in [9.17, 15) is 9.59 Å². The van der Waals surface area contributed by atoms with Gasteiger partial charge >= 0.3 is 6.03 Å². The first-order valence-electron chi connectivity index (χ1n) is 10.7. The van der Waals surface area contributed by atoms with Crippen molar-refractivity contribution < 1.29 is 19.1 Å². The Hall–Kier alpha value is -3.06. The molecule has 0 saturated carbocycles. The molecule has 2 amide bonds. The molecule has 1 N–H and O–H groups in total. The highest BCUT2D eigenvalue weighted by Gasteiger charge is 2.27. The van der Waals surface area contributed by atoms with Gasteiger partial charge in [0.05, 0.1) is 14.2 Å². The number of piperidine rings is 1. The minimum atomic E-state index is -0.0414. The molecular weight excluding hydrogens is 394 g/mol. The van der Waals surface area contributed by atoms with Gasteiger partial charge in [0.25, 0.3) is 0 Å². The number of nitrogens with zero attached hydrogens (tertiary/aromatic N) is 2. The maximum atomic E-state index is 13.1. The number of carbonyl (C=O) groups excluding carboxylic acids is 2. The van der Waals surface area contributed by atoms with Crippen LogP contribution < -0.4 is 19.7 Å². The number of urea groups is 1. The predicted octanol–water partition coefficient (Wildman–Crippen LogP) is 3.33. The van der Waals surface area contributed by atoms with Gasteiger partial charge in [-0.05, 0) is 55.3 Å². The van der Waals surface area contributed by atoms with Gasteiger partial charge in [0.15, 0.2) is 17.3 Å². The molecule has 2 heterocycles. The number of rotatable bonds is 7. The maximum Gasteiger partial charge on any atom is 0.321 e. The molecule has 4 rings (SSSR count). The molecular formula is C24H29N3O4. The number of amides is 2. The summed E-state index contributed by atoms with van der Waals surface area (Å²) in [6.07, 6.45) is 1.89. The summed E-state index contributed by atoms with van der Waals surface area (Å²) in [6, 6.07) is 13.5. The number of nitrogens with one attached hydrogen (secondary N) is 1. The minimum Gasteiger partial charge on any atom is -0.493 e. The molecule has 164 valence electrons. The second-order valence-electron chi connectivity index (χ2n) is 8.06. The number of hydrogen-bond donors (Lipinski definition) is 1. The van der Waals surface area contributed by atoms with Gasteiger partial charge in [-0.1, -0.05) is 12.1 Å². The van der Waals surface area contributed by atoms with Crippen molar-refractivity contribution in [2.45, 2.75) is 19.4 Å². The number of benzene rings is 2. The number of methoxy groups -OCH3 is 2. The molecule has 0 aliphatic carbocycles. The summed E-state index contributed by atoms with van der Waals surface area (Å²) in [5, 5.41) is 2.82. The molecule has 0 radical (unpaired) electrons. The van der Waals surface area contributed by atoms with Crippen molar-refractivity contribution in [2.75, 3.05) is 45.3 Å². The van der Waals surface area contributed by atoms with Crippen molar-refractivity contribution in [3.05, 3.63) is 53.6 Å². The summed E-state index contributed by atoms with van der Waals surface area (Å²) in [5.74, 6) is 1.33. The molecule has 2 aromatic carbocycles. The van der Waals surface area contributed by atoms with Gasteiger partial charge < -0.3 is 14.8 Å². The van der Waals surface area contributed by atoms with E-state index in [4.69, 9.17) is 9.47 Å². The van der Waals surface area contributed by atoms with Crippen molar-refractivity contribution >= 4 is 17.5 Å². The lowest BCUT2D eigenvalue weighted by molar-refractivity contribution is 0.0811. The third kappa shape index (κ3) is 4.66. The average molecular weight is 424 g/mol. The average Bonchev–Trinajstić information content (AvgIpc) is 3.24. The Morgan fingerprint density at radius 2 is 1.84 bits per heavy atom. The number of Topliss-reactive ketones (excluding diaryl/α,β-unsaturated/α-hetero) is 1. The van der Waals surface area contributed by atoms with Crippen LogP contribution in [0.3, 0.4) is 0 Å². The van der Waals surface area contributed by atoms with Crippen LogP contribution in [0, 0.1) is 5.92 Å². The van der Waals surface area contributed by atoms with Crippen molar-refractivity contribution in [3.63, 3.8) is 0 Å². The van der Waals surface area contributed by atoms with Crippen LogP contribution >= 0.6 is 0 Å². The molecule has 0 spiro atoms. The highest BCUT2D eigenvalue weighted by Crippen LogP contribution is 2.30. The minimum absolute atomic E-state index is 0.0283. The largest absolute Gasteiger partial charge is 0.493 e. The molecule has 2 aliphatic heterocycles. The highest BCUT2D eigenvalue weighted by atomic mass is 16.5. The van der Waals surface area contributed by atoms with Gasteiger partial charge in [-0.15, -0.1) is 0 Å². The summed E-state index contributed by atoms with van der Waals surface area (Å²) >= 11 is 0. The van der Waals surface area contributed by atoms with Gasteiger partial charge in [-0.3, -0.25) is 14.6 Å². The van der Waals surface area contributed by atoms with E-state index < -0.39 is 0 Å². The van der Waals surface area contributed by atoms with E-state index in [0.29, 0.717) is 30.2 Å². The summed E-state index contributed by atoms with van der Waals surface area (Å²) in [7, 11) is 3.17. The molecule has 2 aromatic rings. The normalized spacial score (nSPS) is 19.2. The SMILES string of the molecule is COc1ccc(C(=O)[C@H]2CCCN(Cc3ccc(N4CCNC4=O)cc3)C2)cc1OC. The van der Waals surface area contributed by atoms with Crippen LogP contribution in [0.25, 0.3) is 0 Å². The summed E-state index contributed by atoms with van der Waals surface area (Å²) < 4.78 is 10.6. The van der Waals surface area contributed by atoms with Crippen LogP contribution in [-0.4, -0.2) is 57.1 Å². The molecule has 31 heavy (non-hydrogen) atoms. The number of likely N-dealkylation sites (tertiary alicyclic amines) is 1. The predicted molar refractivity (Wildman–Crippen MR) is 119 cm³/mol. The van der Waals surface area contributed by atoms with Crippen LogP contribution in [0.5, 0.6) is 11.5 Å². The first-order valence-corrected chi connectivity index (χ1v) is 10.7. The lowest BCUT2D eigenvalue weighted by Gasteiger charge is -2.32. The van der Waals surface area contributed by atoms with Crippen molar-refractivity contribution in [2.24, 2.45) is 5.92 Å². The molecule has 2 aliphatic rings. The van der Waals surface area contributed by atoms with E-state index in [0.717, 1.165) is 38.2 Å². The Kier molecular flexibility index (Phi) is 6.42. The Labute approximate surface area is 182 Å². The Morgan fingerprint density at radius 3 is 2.52 bits per heavy atom. The fourth-order valence-electron chi connectivity index (χ4n) is 4.40. The first kappa shape index (κ1) is 21.2. The molecule has 0 aromatic heterocycles. The van der Waals surface area contributed by atoms with E-state index >= 15 is 0 Å². The monoisotopic (exact) mass is 423 g/mol. The number of carbonyl (C=O) groups is 2. The van der Waals surface area contributed by atoms with Gasteiger partial charge in [0.2, 0.25) is 0 Å². The number of ketones is 1.